The molecule has 3 heterocycles. The van der Waals surface area contributed by atoms with Crippen molar-refractivity contribution in [3.8, 4) is 0 Å². The Morgan fingerprint density at radius 1 is 0.919 bits per heavy atom. The fourth-order valence-electron chi connectivity index (χ4n) is 5.49. The summed E-state index contributed by atoms with van der Waals surface area (Å²) >= 11 is 0. The van der Waals surface area contributed by atoms with Crippen LogP contribution < -0.4 is 0 Å². The van der Waals surface area contributed by atoms with Gasteiger partial charge in [-0.2, -0.15) is 5.10 Å². The van der Waals surface area contributed by atoms with Gasteiger partial charge in [-0.05, 0) is 65.1 Å². The minimum Gasteiger partial charge on any atom is -0.299 e. The molecule has 2 aromatic carbocycles. The third-order valence-electron chi connectivity index (χ3n) is 7.65. The van der Waals surface area contributed by atoms with Crippen LogP contribution in [0.4, 0.5) is 4.39 Å². The molecule has 37 heavy (non-hydrogen) atoms. The molecule has 2 aliphatic rings. The predicted molar refractivity (Wildman–Crippen MR) is 136 cm³/mol. The molecule has 9 nitrogen and oxygen atoms in total. The monoisotopic (exact) mass is 501 g/mol. The number of tetrazole rings is 1. The van der Waals surface area contributed by atoms with Crippen molar-refractivity contribution in [3.63, 3.8) is 0 Å². The van der Waals surface area contributed by atoms with Gasteiger partial charge >= 0.3 is 0 Å². The van der Waals surface area contributed by atoms with Crippen molar-refractivity contribution in [1.82, 2.24) is 44.8 Å². The molecule has 1 aliphatic carbocycles. The Morgan fingerprint density at radius 3 is 2.57 bits per heavy atom. The van der Waals surface area contributed by atoms with Gasteiger partial charge in [0.05, 0.1) is 19.1 Å². The van der Waals surface area contributed by atoms with Crippen LogP contribution in [0.25, 0.3) is 0 Å². The van der Waals surface area contributed by atoms with Crippen LogP contribution in [0.5, 0.6) is 0 Å². The molecular weight excluding hydrogens is 469 g/mol. The Morgan fingerprint density at radius 2 is 1.81 bits per heavy atom. The summed E-state index contributed by atoms with van der Waals surface area (Å²) in [6.45, 7) is 5.21. The SMILES string of the molecule is Fc1cccc(Cn2nnnc2C(c2ccc(Cn3cncn3)cc2)N2CCCN(C3CCC3)CC2)c1. The molecule has 4 aromatic rings. The van der Waals surface area contributed by atoms with Gasteiger partial charge in [0, 0.05) is 25.7 Å². The van der Waals surface area contributed by atoms with Crippen LogP contribution in [0.15, 0.2) is 61.2 Å². The fraction of sp³-hybridized carbons (Fsp3) is 0.444. The lowest BCUT2D eigenvalue weighted by Crippen LogP contribution is -2.42. The first-order valence-corrected chi connectivity index (χ1v) is 13.1. The first-order valence-electron chi connectivity index (χ1n) is 13.1. The normalized spacial score (nSPS) is 18.4. The maximum Gasteiger partial charge on any atom is 0.173 e. The van der Waals surface area contributed by atoms with Crippen molar-refractivity contribution < 1.29 is 4.39 Å². The van der Waals surface area contributed by atoms with Gasteiger partial charge in [-0.1, -0.05) is 42.8 Å². The van der Waals surface area contributed by atoms with Gasteiger partial charge in [0.15, 0.2) is 5.82 Å². The molecule has 1 aliphatic heterocycles. The summed E-state index contributed by atoms with van der Waals surface area (Å²) in [7, 11) is 0. The summed E-state index contributed by atoms with van der Waals surface area (Å²) in [4.78, 5) is 9.22. The molecule has 1 atom stereocenters. The number of aromatic nitrogens is 7. The summed E-state index contributed by atoms with van der Waals surface area (Å²) in [6, 6.07) is 15.9. The second-order valence-corrected chi connectivity index (χ2v) is 10.1. The van der Waals surface area contributed by atoms with E-state index in [0.29, 0.717) is 13.1 Å². The van der Waals surface area contributed by atoms with Crippen LogP contribution in [-0.4, -0.2) is 77.0 Å². The van der Waals surface area contributed by atoms with E-state index in [4.69, 9.17) is 0 Å². The predicted octanol–water partition coefficient (Wildman–Crippen LogP) is 3.15. The van der Waals surface area contributed by atoms with Crippen LogP contribution in [0, 0.1) is 5.82 Å². The Hall–Kier alpha value is -3.50. The highest BCUT2D eigenvalue weighted by Gasteiger charge is 2.32. The minimum atomic E-state index is -0.254. The lowest BCUT2D eigenvalue weighted by molar-refractivity contribution is 0.127. The first-order chi connectivity index (χ1) is 18.2. The molecule has 0 radical (unpaired) electrons. The maximum absolute atomic E-state index is 13.9. The first kappa shape index (κ1) is 23.9. The van der Waals surface area contributed by atoms with Gasteiger partial charge in [0.2, 0.25) is 0 Å². The number of hydrogen-bond acceptors (Lipinski definition) is 7. The quantitative estimate of drug-likeness (QED) is 0.367. The lowest BCUT2D eigenvalue weighted by atomic mass is 9.91. The van der Waals surface area contributed by atoms with Crippen molar-refractivity contribution in [2.75, 3.05) is 26.2 Å². The van der Waals surface area contributed by atoms with Gasteiger partial charge in [0.25, 0.3) is 0 Å². The molecular formula is C27H32FN9. The molecule has 0 spiro atoms. The lowest BCUT2D eigenvalue weighted by Gasteiger charge is -2.37. The second-order valence-electron chi connectivity index (χ2n) is 10.1. The fourth-order valence-corrected chi connectivity index (χ4v) is 5.49. The van der Waals surface area contributed by atoms with E-state index in [1.807, 2.05) is 15.4 Å². The highest BCUT2D eigenvalue weighted by molar-refractivity contribution is 5.29. The Labute approximate surface area is 215 Å². The van der Waals surface area contributed by atoms with E-state index in [0.717, 1.165) is 61.2 Å². The summed E-state index contributed by atoms with van der Waals surface area (Å²) in [5, 5.41) is 17.1. The van der Waals surface area contributed by atoms with Crippen LogP contribution in [0.3, 0.4) is 0 Å². The van der Waals surface area contributed by atoms with Crippen molar-refractivity contribution in [2.45, 2.75) is 50.9 Å². The molecule has 1 unspecified atom stereocenters. The smallest absolute Gasteiger partial charge is 0.173 e. The summed E-state index contributed by atoms with van der Waals surface area (Å²) in [5.41, 5.74) is 3.14. The molecule has 0 N–H and O–H groups in total. The Kier molecular flexibility index (Phi) is 7.00. The molecule has 10 heteroatoms. The van der Waals surface area contributed by atoms with E-state index in [-0.39, 0.29) is 11.9 Å². The van der Waals surface area contributed by atoms with Crippen molar-refractivity contribution in [2.24, 2.45) is 0 Å². The van der Waals surface area contributed by atoms with E-state index in [2.05, 4.69) is 59.7 Å². The average molecular weight is 502 g/mol. The second kappa shape index (κ2) is 10.9. The minimum absolute atomic E-state index is 0.0923. The number of hydrogen-bond donors (Lipinski definition) is 0. The highest BCUT2D eigenvalue weighted by atomic mass is 19.1. The molecule has 0 amide bonds. The average Bonchev–Trinajstić information content (AvgIpc) is 3.48. The van der Waals surface area contributed by atoms with Crippen molar-refractivity contribution >= 4 is 0 Å². The largest absolute Gasteiger partial charge is 0.299 e. The molecule has 1 saturated heterocycles. The maximum atomic E-state index is 13.9. The van der Waals surface area contributed by atoms with Gasteiger partial charge in [-0.15, -0.1) is 5.10 Å². The topological polar surface area (TPSA) is 80.8 Å². The van der Waals surface area contributed by atoms with Crippen LogP contribution in [0.1, 0.15) is 54.2 Å². The number of rotatable bonds is 8. The van der Waals surface area contributed by atoms with Crippen LogP contribution in [-0.2, 0) is 13.1 Å². The summed E-state index contributed by atoms with van der Waals surface area (Å²) < 4.78 is 17.5. The number of nitrogens with zero attached hydrogens (tertiary/aromatic N) is 9. The highest BCUT2D eigenvalue weighted by Crippen LogP contribution is 2.31. The molecule has 2 fully saturated rings. The number of halogens is 1. The Balaban J connectivity index is 1.29. The van der Waals surface area contributed by atoms with Gasteiger partial charge < -0.3 is 0 Å². The molecule has 6 rings (SSSR count). The van der Waals surface area contributed by atoms with Crippen molar-refractivity contribution in [1.29, 1.82) is 0 Å². The zero-order valence-corrected chi connectivity index (χ0v) is 20.9. The Bertz CT molecular complexity index is 1280. The zero-order chi connectivity index (χ0) is 25.0. The van der Waals surface area contributed by atoms with E-state index in [1.54, 1.807) is 24.8 Å². The molecule has 2 aromatic heterocycles. The molecule has 192 valence electrons. The van der Waals surface area contributed by atoms with Crippen LogP contribution in [0.2, 0.25) is 0 Å². The zero-order valence-electron chi connectivity index (χ0n) is 20.9. The van der Waals surface area contributed by atoms with Gasteiger partial charge in [-0.25, -0.2) is 18.7 Å². The van der Waals surface area contributed by atoms with E-state index < -0.39 is 0 Å². The van der Waals surface area contributed by atoms with Gasteiger partial charge in [0.1, 0.15) is 18.5 Å². The van der Waals surface area contributed by atoms with E-state index in [1.165, 1.54) is 25.3 Å². The number of benzene rings is 2. The van der Waals surface area contributed by atoms with Gasteiger partial charge in [-0.3, -0.25) is 9.80 Å². The van der Waals surface area contributed by atoms with Crippen LogP contribution >= 0.6 is 0 Å². The third kappa shape index (κ3) is 5.45. The summed E-state index contributed by atoms with van der Waals surface area (Å²) in [6.07, 6.45) is 8.38. The van der Waals surface area contributed by atoms with E-state index in [9.17, 15) is 4.39 Å². The molecule has 1 saturated carbocycles. The third-order valence-corrected chi connectivity index (χ3v) is 7.65. The summed E-state index contributed by atoms with van der Waals surface area (Å²) in [5.74, 6) is 0.528. The molecule has 0 bridgehead atoms. The standard InChI is InChI=1S/C27H32FN9/c28-24-5-1-4-22(16-24)18-37-27(31-32-33-37)26(35-13-3-12-34(14-15-35)25-6-2-7-25)23-10-8-21(9-11-23)17-36-20-29-19-30-36/h1,4-5,8-11,16,19-20,25-26H,2-3,6-7,12-15,17-18H2. The van der Waals surface area contributed by atoms with Crippen molar-refractivity contribution in [3.05, 3.63) is 89.5 Å². The van der Waals surface area contributed by atoms with E-state index >= 15 is 0 Å².